The first kappa shape index (κ1) is 21.2. The molecule has 31 heavy (non-hydrogen) atoms. The van der Waals surface area contributed by atoms with Crippen molar-refractivity contribution in [2.75, 3.05) is 13.7 Å². The van der Waals surface area contributed by atoms with E-state index in [9.17, 15) is 9.59 Å². The maximum Gasteiger partial charge on any atom is 0.410 e. The minimum absolute atomic E-state index is 0.0676. The molecule has 2 aliphatic rings. The van der Waals surface area contributed by atoms with Gasteiger partial charge in [-0.25, -0.2) is 9.48 Å². The molecule has 1 aliphatic heterocycles. The molecule has 2 aromatic rings. The van der Waals surface area contributed by atoms with Gasteiger partial charge in [-0.2, -0.15) is 5.10 Å². The van der Waals surface area contributed by atoms with Gasteiger partial charge in [0, 0.05) is 18.5 Å². The number of hydrogen-bond donors (Lipinski definition) is 0. The van der Waals surface area contributed by atoms with E-state index in [1.54, 1.807) is 4.90 Å². The lowest BCUT2D eigenvalue weighted by Gasteiger charge is -2.30. The van der Waals surface area contributed by atoms with Gasteiger partial charge in [0.25, 0.3) is 0 Å². The van der Waals surface area contributed by atoms with E-state index < -0.39 is 5.60 Å². The molecule has 7 heteroatoms. The second kappa shape index (κ2) is 8.21. The molecule has 0 bridgehead atoms. The Kier molecular flexibility index (Phi) is 5.60. The van der Waals surface area contributed by atoms with Crippen molar-refractivity contribution >= 4 is 18.1 Å². The van der Waals surface area contributed by atoms with E-state index in [1.807, 2.05) is 37.6 Å². The van der Waals surface area contributed by atoms with E-state index in [0.29, 0.717) is 25.2 Å². The highest BCUT2D eigenvalue weighted by Gasteiger charge is 2.31. The molecule has 4 rings (SSSR count). The number of carbonyl (C=O) groups is 2. The second-order valence-corrected chi connectivity index (χ2v) is 9.08. The molecule has 7 nitrogen and oxygen atoms in total. The van der Waals surface area contributed by atoms with Gasteiger partial charge in [-0.3, -0.25) is 4.79 Å². The number of nitrogens with zero attached hydrogens (tertiary/aromatic N) is 3. The van der Waals surface area contributed by atoms with Crippen LogP contribution in [0.4, 0.5) is 4.79 Å². The molecule has 0 saturated heterocycles. The maximum absolute atomic E-state index is 12.6. The molecule has 1 aromatic heterocycles. The number of amides is 1. The first-order valence-electron chi connectivity index (χ1n) is 10.7. The number of rotatable bonds is 4. The Hall–Kier alpha value is -3.09. The quantitative estimate of drug-likeness (QED) is 0.694. The van der Waals surface area contributed by atoms with Gasteiger partial charge in [-0.1, -0.05) is 23.8 Å². The van der Waals surface area contributed by atoms with E-state index in [1.165, 1.54) is 31.1 Å². The number of esters is 1. The molecule has 0 unspecified atom stereocenters. The summed E-state index contributed by atoms with van der Waals surface area (Å²) in [6.45, 7) is 6.45. The smallest absolute Gasteiger partial charge is 0.410 e. The third-order valence-electron chi connectivity index (χ3n) is 5.38. The summed E-state index contributed by atoms with van der Waals surface area (Å²) in [4.78, 5) is 26.3. The van der Waals surface area contributed by atoms with Crippen molar-refractivity contribution in [2.24, 2.45) is 0 Å². The summed E-state index contributed by atoms with van der Waals surface area (Å²) in [5.41, 5.74) is 5.59. The van der Waals surface area contributed by atoms with Gasteiger partial charge < -0.3 is 14.4 Å². The van der Waals surface area contributed by atoms with Crippen LogP contribution in [0.15, 0.2) is 29.8 Å². The Labute approximate surface area is 182 Å². The summed E-state index contributed by atoms with van der Waals surface area (Å²) in [6, 6.07) is 8.27. The Balaban J connectivity index is 1.64. The number of fused-ring (bicyclic) bond motifs is 1. The predicted molar refractivity (Wildman–Crippen MR) is 117 cm³/mol. The van der Waals surface area contributed by atoms with Gasteiger partial charge in [-0.05, 0) is 51.3 Å². The van der Waals surface area contributed by atoms with E-state index in [2.05, 4.69) is 18.2 Å². The van der Waals surface area contributed by atoms with Crippen LogP contribution in [0.5, 0.6) is 0 Å². The fraction of sp³-hybridized carbons (Fsp3) is 0.458. The number of benzene rings is 1. The highest BCUT2D eigenvalue weighted by molar-refractivity contribution is 5.73. The fourth-order valence-corrected chi connectivity index (χ4v) is 3.70. The van der Waals surface area contributed by atoms with E-state index in [0.717, 1.165) is 16.9 Å². The predicted octanol–water partition coefficient (Wildman–Crippen LogP) is 4.06. The number of aromatic nitrogens is 2. The highest BCUT2D eigenvalue weighted by atomic mass is 16.6. The van der Waals surface area contributed by atoms with Crippen molar-refractivity contribution in [3.8, 4) is 5.69 Å². The summed E-state index contributed by atoms with van der Waals surface area (Å²) in [5.74, 6) is -0.353. The van der Waals surface area contributed by atoms with Crippen molar-refractivity contribution in [2.45, 2.75) is 58.6 Å². The van der Waals surface area contributed by atoms with Crippen LogP contribution in [0.3, 0.4) is 0 Å². The molecule has 1 amide bonds. The van der Waals surface area contributed by atoms with E-state index >= 15 is 0 Å². The fourth-order valence-electron chi connectivity index (χ4n) is 3.70. The summed E-state index contributed by atoms with van der Waals surface area (Å²) >= 11 is 0. The molecule has 1 saturated carbocycles. The minimum Gasteiger partial charge on any atom is -0.469 e. The lowest BCUT2D eigenvalue weighted by atomic mass is 10.0. The van der Waals surface area contributed by atoms with Gasteiger partial charge >= 0.3 is 12.1 Å². The van der Waals surface area contributed by atoms with Crippen LogP contribution in [0.2, 0.25) is 0 Å². The first-order valence-corrected chi connectivity index (χ1v) is 10.7. The van der Waals surface area contributed by atoms with Crippen molar-refractivity contribution in [3.63, 3.8) is 0 Å². The first-order chi connectivity index (χ1) is 14.7. The summed E-state index contributed by atoms with van der Waals surface area (Å²) in [6.07, 6.45) is 4.96. The molecule has 164 valence electrons. The molecule has 1 aromatic carbocycles. The number of allylic oxidation sites excluding steroid dienone is 1. The molecular weight excluding hydrogens is 394 g/mol. The lowest BCUT2D eigenvalue weighted by molar-refractivity contribution is -0.139. The monoisotopic (exact) mass is 423 g/mol. The zero-order chi connectivity index (χ0) is 22.2. The number of methoxy groups -OCH3 is 1. The van der Waals surface area contributed by atoms with Gasteiger partial charge in [0.2, 0.25) is 0 Å². The third kappa shape index (κ3) is 4.98. The van der Waals surface area contributed by atoms with Gasteiger partial charge in [-0.15, -0.1) is 0 Å². The highest BCUT2D eigenvalue weighted by Crippen LogP contribution is 2.31. The zero-order valence-electron chi connectivity index (χ0n) is 18.6. The topological polar surface area (TPSA) is 73.7 Å². The Bertz CT molecular complexity index is 1020. The van der Waals surface area contributed by atoms with Gasteiger partial charge in [0.15, 0.2) is 0 Å². The zero-order valence-corrected chi connectivity index (χ0v) is 18.6. The van der Waals surface area contributed by atoms with Crippen LogP contribution in [-0.2, 0) is 33.7 Å². The van der Waals surface area contributed by atoms with Crippen LogP contribution in [0.25, 0.3) is 11.8 Å². The van der Waals surface area contributed by atoms with Crippen molar-refractivity contribution in [1.29, 1.82) is 0 Å². The molecule has 0 atom stereocenters. The lowest BCUT2D eigenvalue weighted by Crippen LogP contribution is -2.40. The van der Waals surface area contributed by atoms with Crippen molar-refractivity contribution in [3.05, 3.63) is 52.4 Å². The van der Waals surface area contributed by atoms with E-state index in [-0.39, 0.29) is 18.5 Å². The Morgan fingerprint density at radius 1 is 1.13 bits per heavy atom. The molecular formula is C24H29N3O4. The standard InChI is InChI=1S/C24H29N3O4/c1-24(2,3)31-23(29)26-12-11-21-19(15-26)20(14-22(28)30-4)25-27(21)18-9-7-17(8-10-18)13-16-5-6-16/h7-10,13H,5-6,11-12,14-15H2,1-4H3. The normalized spacial score (nSPS) is 15.4. The van der Waals surface area contributed by atoms with E-state index in [4.69, 9.17) is 14.6 Å². The van der Waals surface area contributed by atoms with Crippen LogP contribution < -0.4 is 0 Å². The number of carbonyl (C=O) groups excluding carboxylic acids is 2. The molecule has 0 spiro atoms. The maximum atomic E-state index is 12.6. The van der Waals surface area contributed by atoms with Gasteiger partial charge in [0.1, 0.15) is 5.60 Å². The Morgan fingerprint density at radius 3 is 2.45 bits per heavy atom. The second-order valence-electron chi connectivity index (χ2n) is 9.08. The molecule has 1 aliphatic carbocycles. The summed E-state index contributed by atoms with van der Waals surface area (Å²) in [5, 5.41) is 4.74. The largest absolute Gasteiger partial charge is 0.469 e. The molecule has 1 fully saturated rings. The molecule has 2 heterocycles. The van der Waals surface area contributed by atoms with Crippen LogP contribution in [-0.4, -0.2) is 46.0 Å². The summed E-state index contributed by atoms with van der Waals surface area (Å²) in [7, 11) is 1.37. The van der Waals surface area contributed by atoms with Crippen LogP contribution >= 0.6 is 0 Å². The van der Waals surface area contributed by atoms with Gasteiger partial charge in [0.05, 0.1) is 37.2 Å². The van der Waals surface area contributed by atoms with Crippen molar-refractivity contribution < 1.29 is 19.1 Å². The Morgan fingerprint density at radius 2 is 1.84 bits per heavy atom. The molecule has 0 radical (unpaired) electrons. The number of ether oxygens (including phenoxy) is 2. The summed E-state index contributed by atoms with van der Waals surface area (Å²) < 4.78 is 12.3. The van der Waals surface area contributed by atoms with Crippen molar-refractivity contribution in [1.82, 2.24) is 14.7 Å². The molecule has 0 N–H and O–H groups in total. The average Bonchev–Trinajstić information content (AvgIpc) is 3.47. The number of hydrogen-bond acceptors (Lipinski definition) is 5. The third-order valence-corrected chi connectivity index (χ3v) is 5.38. The average molecular weight is 424 g/mol. The minimum atomic E-state index is -0.562. The van der Waals surface area contributed by atoms with Crippen LogP contribution in [0, 0.1) is 0 Å². The van der Waals surface area contributed by atoms with Crippen LogP contribution in [0.1, 0.15) is 56.1 Å². The SMILES string of the molecule is COC(=O)Cc1nn(-c2ccc(C=C3CC3)cc2)c2c1CN(C(=O)OC(C)(C)C)CC2.